The van der Waals surface area contributed by atoms with Gasteiger partial charge in [-0.3, -0.25) is 4.79 Å². The number of hydrogen-bond donors (Lipinski definition) is 1. The van der Waals surface area contributed by atoms with Crippen molar-refractivity contribution in [3.8, 4) is 0 Å². The van der Waals surface area contributed by atoms with Crippen LogP contribution < -0.4 is 0 Å². The lowest BCUT2D eigenvalue weighted by Crippen LogP contribution is -2.66. The van der Waals surface area contributed by atoms with Gasteiger partial charge in [-0.25, -0.2) is 0 Å². The summed E-state index contributed by atoms with van der Waals surface area (Å²) in [5, 5.41) is 10.7. The molecule has 0 saturated heterocycles. The molecule has 140 valence electrons. The van der Waals surface area contributed by atoms with Crippen molar-refractivity contribution in [2.75, 3.05) is 0 Å². The maximum Gasteiger partial charge on any atom is 0.192 e. The Balaban J connectivity index is 2.26. The van der Waals surface area contributed by atoms with Gasteiger partial charge in [0.1, 0.15) is 6.10 Å². The number of carbonyl (C=O) groups is 1. The fourth-order valence-corrected chi connectivity index (χ4v) is 5.12. The van der Waals surface area contributed by atoms with E-state index in [2.05, 4.69) is 33.9 Å². The summed E-state index contributed by atoms with van der Waals surface area (Å²) in [6.45, 7) is 19.1. The molecular weight excluding hydrogens is 320 g/mol. The smallest absolute Gasteiger partial charge is 0.192 e. The first-order valence-electron chi connectivity index (χ1n) is 9.16. The van der Waals surface area contributed by atoms with Crippen LogP contribution in [-0.2, 0) is 14.0 Å². The van der Waals surface area contributed by atoms with Crippen LogP contribution in [0.25, 0.3) is 0 Å². The van der Waals surface area contributed by atoms with Gasteiger partial charge in [0.05, 0.1) is 17.8 Å². The Morgan fingerprint density at radius 3 is 2.17 bits per heavy atom. The largest absolute Gasteiger partial charge is 0.413 e. The van der Waals surface area contributed by atoms with Crippen LogP contribution in [0.4, 0.5) is 0 Å². The summed E-state index contributed by atoms with van der Waals surface area (Å²) >= 11 is 0. The van der Waals surface area contributed by atoms with E-state index in [4.69, 9.17) is 9.16 Å². The van der Waals surface area contributed by atoms with E-state index in [0.717, 1.165) is 0 Å². The summed E-state index contributed by atoms with van der Waals surface area (Å²) in [5.41, 5.74) is -0.851. The van der Waals surface area contributed by atoms with Crippen molar-refractivity contribution >= 4 is 14.1 Å². The molecule has 4 nitrogen and oxygen atoms in total. The summed E-state index contributed by atoms with van der Waals surface area (Å²) in [6.07, 6.45) is 0.213. The summed E-state index contributed by atoms with van der Waals surface area (Å²) in [6, 6.07) is 0. The van der Waals surface area contributed by atoms with E-state index in [1.165, 1.54) is 0 Å². The Labute approximate surface area is 148 Å². The predicted molar refractivity (Wildman–Crippen MR) is 98.5 cm³/mol. The summed E-state index contributed by atoms with van der Waals surface area (Å²) < 4.78 is 12.8. The molecule has 1 N–H and O–H groups in total. The lowest BCUT2D eigenvalue weighted by Gasteiger charge is -2.57. The van der Waals surface area contributed by atoms with E-state index in [-0.39, 0.29) is 34.5 Å². The van der Waals surface area contributed by atoms with Crippen molar-refractivity contribution < 1.29 is 19.1 Å². The number of carbonyl (C=O) groups excluding carboxylic acids is 1. The van der Waals surface area contributed by atoms with Gasteiger partial charge in [-0.2, -0.15) is 0 Å². The number of ketones is 1. The van der Waals surface area contributed by atoms with E-state index in [1.54, 1.807) is 0 Å². The molecule has 3 fully saturated rings. The van der Waals surface area contributed by atoms with Gasteiger partial charge in [0.25, 0.3) is 0 Å². The number of hydrogen-bond acceptors (Lipinski definition) is 4. The molecule has 0 spiro atoms. The average molecular weight is 357 g/mol. The second-order valence-corrected chi connectivity index (χ2v) is 15.2. The molecule has 24 heavy (non-hydrogen) atoms. The predicted octanol–water partition coefficient (Wildman–Crippen LogP) is 3.92. The fourth-order valence-electron chi connectivity index (χ4n) is 3.76. The quantitative estimate of drug-likeness (QED) is 0.779. The van der Waals surface area contributed by atoms with Crippen LogP contribution in [0.15, 0.2) is 0 Å². The van der Waals surface area contributed by atoms with E-state index in [1.807, 2.05) is 27.7 Å². The molecule has 5 atom stereocenters. The molecule has 3 saturated carbocycles. The molecule has 0 heterocycles. The molecule has 3 aliphatic rings. The molecule has 2 bridgehead atoms. The molecular formula is C19H36O4Si. The zero-order valence-electron chi connectivity index (χ0n) is 16.9. The van der Waals surface area contributed by atoms with Crippen LogP contribution in [0.5, 0.6) is 0 Å². The van der Waals surface area contributed by atoms with Gasteiger partial charge in [0, 0.05) is 11.3 Å². The Bertz CT molecular complexity index is 502. The molecule has 3 aliphatic carbocycles. The highest BCUT2D eigenvalue weighted by Crippen LogP contribution is 2.53. The Morgan fingerprint density at radius 2 is 1.71 bits per heavy atom. The first-order chi connectivity index (χ1) is 10.6. The topological polar surface area (TPSA) is 55.8 Å². The van der Waals surface area contributed by atoms with E-state index < -0.39 is 19.8 Å². The minimum Gasteiger partial charge on any atom is -0.413 e. The fraction of sp³-hybridized carbons (Fsp3) is 0.947. The molecule has 0 amide bonds. The monoisotopic (exact) mass is 356 g/mol. The van der Waals surface area contributed by atoms with E-state index in [9.17, 15) is 9.90 Å². The van der Waals surface area contributed by atoms with Crippen LogP contribution in [0.1, 0.15) is 61.3 Å². The third-order valence-corrected chi connectivity index (χ3v) is 10.8. The van der Waals surface area contributed by atoms with Crippen LogP contribution in [0, 0.1) is 11.3 Å². The first kappa shape index (κ1) is 20.1. The summed E-state index contributed by atoms with van der Waals surface area (Å²) in [4.78, 5) is 12.7. The lowest BCUT2D eigenvalue weighted by molar-refractivity contribution is -0.217. The highest BCUT2D eigenvalue weighted by molar-refractivity contribution is 6.74. The highest BCUT2D eigenvalue weighted by atomic mass is 28.4. The first-order valence-corrected chi connectivity index (χ1v) is 12.1. The van der Waals surface area contributed by atoms with Crippen molar-refractivity contribution in [2.45, 2.75) is 103 Å². The molecule has 0 radical (unpaired) electrons. The molecule has 0 aliphatic heterocycles. The van der Waals surface area contributed by atoms with Gasteiger partial charge in [0.15, 0.2) is 14.1 Å². The normalized spacial score (nSPS) is 37.8. The molecule has 5 heteroatoms. The van der Waals surface area contributed by atoms with Gasteiger partial charge in [-0.1, -0.05) is 27.7 Å². The van der Waals surface area contributed by atoms with Crippen molar-refractivity contribution in [1.82, 2.24) is 0 Å². The SMILES string of the molecule is CC(C)(C)O[C@H]1C[C@H]2C(=O)[C@H](O)[C@]1(C)C[C@@H]2O[Si](C)(C)C(C)(C)C. The minimum atomic E-state index is -1.96. The number of ether oxygens (including phenoxy) is 1. The number of aliphatic hydroxyl groups excluding tert-OH is 1. The zero-order chi connectivity index (χ0) is 18.7. The van der Waals surface area contributed by atoms with Crippen LogP contribution >= 0.6 is 0 Å². The van der Waals surface area contributed by atoms with Gasteiger partial charge < -0.3 is 14.3 Å². The highest BCUT2D eigenvalue weighted by Gasteiger charge is 2.61. The van der Waals surface area contributed by atoms with E-state index >= 15 is 0 Å². The Hall–Kier alpha value is -0.233. The number of aliphatic hydroxyl groups is 1. The molecule has 0 aromatic rings. The minimum absolute atomic E-state index is 0.0544. The molecule has 0 aromatic carbocycles. The summed E-state index contributed by atoms with van der Waals surface area (Å²) in [5.74, 6) is -0.301. The number of fused-ring (bicyclic) bond motifs is 3. The number of rotatable bonds is 3. The van der Waals surface area contributed by atoms with Gasteiger partial charge >= 0.3 is 0 Å². The molecule has 0 unspecified atom stereocenters. The van der Waals surface area contributed by atoms with Crippen molar-refractivity contribution in [3.05, 3.63) is 0 Å². The van der Waals surface area contributed by atoms with Crippen LogP contribution in [0.3, 0.4) is 0 Å². The lowest BCUT2D eigenvalue weighted by atomic mass is 9.56. The molecule has 0 aromatic heterocycles. The van der Waals surface area contributed by atoms with Gasteiger partial charge in [0.2, 0.25) is 0 Å². The third-order valence-electron chi connectivity index (χ3n) is 6.30. The maximum absolute atomic E-state index is 12.7. The number of Topliss-reactive ketones (excluding diaryl/α,β-unsaturated/α-hetero) is 1. The Morgan fingerprint density at radius 1 is 1.17 bits per heavy atom. The average Bonchev–Trinajstić information content (AvgIpc) is 2.35. The van der Waals surface area contributed by atoms with Crippen LogP contribution in [0.2, 0.25) is 18.1 Å². The van der Waals surface area contributed by atoms with Gasteiger partial charge in [-0.15, -0.1) is 0 Å². The second kappa shape index (κ2) is 5.90. The second-order valence-electron chi connectivity index (χ2n) is 10.5. The molecule has 3 rings (SSSR count). The summed E-state index contributed by atoms with van der Waals surface area (Å²) in [7, 11) is -1.96. The van der Waals surface area contributed by atoms with Crippen molar-refractivity contribution in [1.29, 1.82) is 0 Å². The maximum atomic E-state index is 12.7. The van der Waals surface area contributed by atoms with Gasteiger partial charge in [-0.05, 0) is 51.7 Å². The van der Waals surface area contributed by atoms with Crippen LogP contribution in [-0.4, -0.2) is 43.1 Å². The van der Waals surface area contributed by atoms with Crippen molar-refractivity contribution in [3.63, 3.8) is 0 Å². The third kappa shape index (κ3) is 3.50. The van der Waals surface area contributed by atoms with E-state index in [0.29, 0.717) is 12.8 Å². The zero-order valence-corrected chi connectivity index (χ0v) is 17.9. The standard InChI is InChI=1S/C19H36O4Si/c1-17(2,3)22-14-10-12-13(23-24(8,9)18(4,5)6)11-19(14,7)16(21)15(12)20/h12-14,16,21H,10-11H2,1-9H3/t12-,13+,14+,16+,19-/m1/s1. The van der Waals surface area contributed by atoms with Crippen molar-refractivity contribution in [2.24, 2.45) is 11.3 Å². The Kier molecular flexibility index (Phi) is 4.94.